The molecular weight excluding hydrogens is 517 g/mol. The second kappa shape index (κ2) is 10.5. The van der Waals surface area contributed by atoms with Gasteiger partial charge in [0.2, 0.25) is 5.91 Å². The minimum atomic E-state index is -4.57. The summed E-state index contributed by atoms with van der Waals surface area (Å²) in [7, 11) is 0. The molecule has 0 bridgehead atoms. The highest BCUT2D eigenvalue weighted by molar-refractivity contribution is 6.32. The zero-order valence-electron chi connectivity index (χ0n) is 20.9. The van der Waals surface area contributed by atoms with Crippen LogP contribution in [0.4, 0.5) is 29.3 Å². The molecule has 3 N–H and O–H groups in total. The maximum Gasteiger partial charge on any atom is 0.416 e. The van der Waals surface area contributed by atoms with Crippen molar-refractivity contribution in [3.05, 3.63) is 94.0 Å². The first-order chi connectivity index (χ1) is 17.8. The van der Waals surface area contributed by atoms with Crippen molar-refractivity contribution in [3.63, 3.8) is 0 Å². The molecule has 3 aromatic rings. The first kappa shape index (κ1) is 27.2. The van der Waals surface area contributed by atoms with Crippen LogP contribution in [0.5, 0.6) is 0 Å². The van der Waals surface area contributed by atoms with Crippen LogP contribution in [0.15, 0.2) is 71.7 Å². The maximum absolute atomic E-state index is 13.6. The van der Waals surface area contributed by atoms with Gasteiger partial charge < -0.3 is 16.0 Å². The molecule has 1 aliphatic rings. The Morgan fingerprint density at radius 2 is 1.71 bits per heavy atom. The number of halogens is 4. The van der Waals surface area contributed by atoms with Gasteiger partial charge in [-0.05, 0) is 62.7 Å². The first-order valence-corrected chi connectivity index (χ1v) is 12.2. The third kappa shape index (κ3) is 6.52. The molecule has 3 aromatic carbocycles. The number of fused-ring (bicyclic) bond motifs is 1. The molecule has 10 heteroatoms. The number of hydrogen-bond acceptors (Lipinski definition) is 3. The highest BCUT2D eigenvalue weighted by Gasteiger charge is 2.35. The molecule has 0 saturated heterocycles. The number of nitrogens with zero attached hydrogens (tertiary/aromatic N) is 1. The average Bonchev–Trinajstić information content (AvgIpc) is 2.94. The lowest BCUT2D eigenvalue weighted by Crippen LogP contribution is -2.43. The molecule has 1 heterocycles. The van der Waals surface area contributed by atoms with Gasteiger partial charge in [-0.25, -0.2) is 4.79 Å². The van der Waals surface area contributed by atoms with Crippen molar-refractivity contribution in [1.29, 1.82) is 0 Å². The summed E-state index contributed by atoms with van der Waals surface area (Å²) in [5, 5.41) is 8.75. The summed E-state index contributed by atoms with van der Waals surface area (Å²) in [6, 6.07) is 15.3. The molecule has 0 aromatic heterocycles. The van der Waals surface area contributed by atoms with E-state index in [1.807, 2.05) is 20.8 Å². The molecule has 3 amide bonds. The van der Waals surface area contributed by atoms with Gasteiger partial charge in [-0.3, -0.25) is 9.79 Å². The van der Waals surface area contributed by atoms with Crippen molar-refractivity contribution in [2.24, 2.45) is 4.99 Å². The molecule has 0 saturated carbocycles. The van der Waals surface area contributed by atoms with Gasteiger partial charge in [0.1, 0.15) is 6.04 Å². The predicted octanol–water partition coefficient (Wildman–Crippen LogP) is 6.68. The summed E-state index contributed by atoms with van der Waals surface area (Å²) >= 11 is 6.24. The fraction of sp³-hybridized carbons (Fsp3) is 0.250. The van der Waals surface area contributed by atoms with Gasteiger partial charge in [0.15, 0.2) is 0 Å². The van der Waals surface area contributed by atoms with Crippen LogP contribution in [0.2, 0.25) is 5.02 Å². The smallest absolute Gasteiger partial charge is 0.333 e. The van der Waals surface area contributed by atoms with Gasteiger partial charge >= 0.3 is 12.2 Å². The third-order valence-corrected chi connectivity index (χ3v) is 5.96. The number of aliphatic imine (C=N–C) groups is 1. The van der Waals surface area contributed by atoms with Crippen molar-refractivity contribution >= 4 is 40.6 Å². The number of anilines is 2. The summed E-state index contributed by atoms with van der Waals surface area (Å²) in [5.74, 6) is -0.530. The third-order valence-electron chi connectivity index (χ3n) is 5.72. The summed E-state index contributed by atoms with van der Waals surface area (Å²) in [4.78, 5) is 30.0. The fourth-order valence-electron chi connectivity index (χ4n) is 4.09. The highest BCUT2D eigenvalue weighted by atomic mass is 35.5. The Kier molecular flexibility index (Phi) is 7.51. The van der Waals surface area contributed by atoms with Gasteiger partial charge in [0.25, 0.3) is 0 Å². The van der Waals surface area contributed by atoms with E-state index < -0.39 is 29.2 Å². The molecule has 6 nitrogen and oxygen atoms in total. The number of amides is 3. The molecule has 0 spiro atoms. The van der Waals surface area contributed by atoms with Crippen LogP contribution in [-0.2, 0) is 17.4 Å². The Morgan fingerprint density at radius 1 is 1.03 bits per heavy atom. The van der Waals surface area contributed by atoms with Crippen LogP contribution < -0.4 is 16.0 Å². The van der Waals surface area contributed by atoms with E-state index in [1.54, 1.807) is 42.5 Å². The number of nitrogens with one attached hydrogen (secondary N) is 3. The van der Waals surface area contributed by atoms with E-state index in [9.17, 15) is 22.8 Å². The largest absolute Gasteiger partial charge is 0.416 e. The number of benzene rings is 3. The van der Waals surface area contributed by atoms with Gasteiger partial charge in [0.05, 0.1) is 17.0 Å². The molecule has 198 valence electrons. The number of urea groups is 1. The topological polar surface area (TPSA) is 82.6 Å². The fourth-order valence-corrected chi connectivity index (χ4v) is 4.26. The SMILES string of the molecule is CC(C)(C)NC(=O)Nc1ccc(C2=NC(Cc3ccccc3C(F)(F)F)C(=O)Nc3ccc(Cl)cc32)cc1. The Bertz CT molecular complexity index is 1400. The number of rotatable bonds is 4. The molecule has 1 atom stereocenters. The van der Waals surface area contributed by atoms with Crippen molar-refractivity contribution in [2.45, 2.75) is 44.9 Å². The molecular formula is C28H26ClF3N4O2. The van der Waals surface area contributed by atoms with Crippen LogP contribution in [-0.4, -0.2) is 29.2 Å². The summed E-state index contributed by atoms with van der Waals surface area (Å²) in [6.07, 6.45) is -4.82. The van der Waals surface area contributed by atoms with E-state index in [1.165, 1.54) is 18.2 Å². The number of benzodiazepines with no additional fused rings is 1. The number of hydrogen-bond donors (Lipinski definition) is 3. The summed E-state index contributed by atoms with van der Waals surface area (Å²) in [6.45, 7) is 5.59. The number of carbonyl (C=O) groups excluding carboxylic acids is 2. The Balaban J connectivity index is 1.72. The van der Waals surface area contributed by atoms with Crippen LogP contribution in [0.3, 0.4) is 0 Å². The quantitative estimate of drug-likeness (QED) is 0.344. The standard InChI is InChI=1S/C28H26ClF3N4O2/c1-27(2,3)36-26(38)33-19-11-8-16(9-12-19)24-20-15-18(29)10-13-22(20)35-25(37)23(34-24)14-17-6-4-5-7-21(17)28(30,31)32/h4-13,15,23H,14H2,1-3H3,(H,35,37)(H2,33,36,38). The van der Waals surface area contributed by atoms with Gasteiger partial charge in [-0.1, -0.05) is 41.9 Å². The average molecular weight is 543 g/mol. The second-order valence-corrected chi connectivity index (χ2v) is 10.4. The lowest BCUT2D eigenvalue weighted by atomic mass is 9.98. The summed E-state index contributed by atoms with van der Waals surface area (Å²) in [5.41, 5.74) is 1.24. The van der Waals surface area contributed by atoms with Crippen molar-refractivity contribution in [3.8, 4) is 0 Å². The van der Waals surface area contributed by atoms with E-state index in [2.05, 4.69) is 20.9 Å². The minimum Gasteiger partial charge on any atom is -0.333 e. The zero-order valence-corrected chi connectivity index (χ0v) is 21.7. The Labute approximate surface area is 223 Å². The highest BCUT2D eigenvalue weighted by Crippen LogP contribution is 2.34. The molecule has 4 rings (SSSR count). The van der Waals surface area contributed by atoms with Crippen LogP contribution in [0.1, 0.15) is 43.0 Å². The minimum absolute atomic E-state index is 0.0309. The summed E-state index contributed by atoms with van der Waals surface area (Å²) < 4.78 is 40.8. The Morgan fingerprint density at radius 3 is 2.37 bits per heavy atom. The molecule has 0 fully saturated rings. The lowest BCUT2D eigenvalue weighted by Gasteiger charge is -2.20. The molecule has 0 radical (unpaired) electrons. The first-order valence-electron chi connectivity index (χ1n) is 11.8. The van der Waals surface area contributed by atoms with Crippen LogP contribution in [0, 0.1) is 0 Å². The van der Waals surface area contributed by atoms with Gasteiger partial charge in [0, 0.05) is 33.8 Å². The lowest BCUT2D eigenvalue weighted by molar-refractivity contribution is -0.138. The second-order valence-electron chi connectivity index (χ2n) is 9.94. The monoisotopic (exact) mass is 542 g/mol. The van der Waals surface area contributed by atoms with E-state index in [0.29, 0.717) is 33.2 Å². The van der Waals surface area contributed by atoms with E-state index in [4.69, 9.17) is 11.6 Å². The molecule has 1 aliphatic heterocycles. The van der Waals surface area contributed by atoms with E-state index >= 15 is 0 Å². The molecule has 0 aliphatic carbocycles. The van der Waals surface area contributed by atoms with Gasteiger partial charge in [-0.15, -0.1) is 0 Å². The van der Waals surface area contributed by atoms with Crippen LogP contribution >= 0.6 is 11.6 Å². The van der Waals surface area contributed by atoms with Crippen molar-refractivity contribution in [1.82, 2.24) is 5.32 Å². The van der Waals surface area contributed by atoms with E-state index in [0.717, 1.165) is 6.07 Å². The number of carbonyl (C=O) groups is 2. The normalized spacial score (nSPS) is 15.6. The Hall–Kier alpha value is -3.85. The molecule has 38 heavy (non-hydrogen) atoms. The van der Waals surface area contributed by atoms with Crippen molar-refractivity contribution in [2.75, 3.05) is 10.6 Å². The zero-order chi connectivity index (χ0) is 27.7. The van der Waals surface area contributed by atoms with Gasteiger partial charge in [-0.2, -0.15) is 13.2 Å². The van der Waals surface area contributed by atoms with Crippen molar-refractivity contribution < 1.29 is 22.8 Å². The van der Waals surface area contributed by atoms with Crippen LogP contribution in [0.25, 0.3) is 0 Å². The van der Waals surface area contributed by atoms with E-state index in [-0.39, 0.29) is 18.0 Å². The molecule has 1 unspecified atom stereocenters. The predicted molar refractivity (Wildman–Crippen MR) is 143 cm³/mol. The maximum atomic E-state index is 13.6. The number of alkyl halides is 3.